The van der Waals surface area contributed by atoms with E-state index in [1.807, 2.05) is 0 Å². The molecule has 0 saturated heterocycles. The molecule has 0 saturated carbocycles. The monoisotopic (exact) mass is 257 g/mol. The molecule has 0 fully saturated rings. The quantitative estimate of drug-likeness (QED) is 0.347. The Kier molecular flexibility index (Phi) is 5.22. The van der Waals surface area contributed by atoms with Gasteiger partial charge in [-0.25, -0.2) is 0 Å². The molecule has 0 spiro atoms. The van der Waals surface area contributed by atoms with Gasteiger partial charge in [0.25, 0.3) is 5.91 Å². The molecule has 0 aliphatic rings. The highest BCUT2D eigenvalue weighted by molar-refractivity contribution is 5.95. The Morgan fingerprint density at radius 1 is 1.17 bits per heavy atom. The highest BCUT2D eigenvalue weighted by Crippen LogP contribution is 2.35. The Balaban J connectivity index is 2.52. The average Bonchev–Trinajstić information content (AvgIpc) is 2.34. The fourth-order valence-corrected chi connectivity index (χ4v) is 1.24. The van der Waals surface area contributed by atoms with Crippen LogP contribution in [0.15, 0.2) is 12.1 Å². The normalized spacial score (nSPS) is 10.3. The number of phenols is 3. The van der Waals surface area contributed by atoms with Gasteiger partial charge < -0.3 is 30.5 Å². The third-order valence-electron chi connectivity index (χ3n) is 2.10. The molecule has 1 amide bonds. The fourth-order valence-electron chi connectivity index (χ4n) is 1.24. The lowest BCUT2D eigenvalue weighted by Crippen LogP contribution is -2.27. The van der Waals surface area contributed by atoms with Crippen LogP contribution in [0.1, 0.15) is 10.4 Å². The standard InChI is InChI=1S/C11H15NO6/c13-2-4-18-3-1-12-11(17)7-5-8(14)10(16)9(15)6-7/h5-6,13-16H,1-4H2,(H,12,17). The predicted molar refractivity (Wildman–Crippen MR) is 61.7 cm³/mol. The Labute approximate surface area is 103 Å². The van der Waals surface area contributed by atoms with Crippen molar-refractivity contribution in [2.45, 2.75) is 0 Å². The number of carbonyl (C=O) groups is 1. The second-order valence-corrected chi connectivity index (χ2v) is 3.45. The predicted octanol–water partition coefficient (Wildman–Crippen LogP) is -0.458. The van der Waals surface area contributed by atoms with E-state index in [0.717, 1.165) is 12.1 Å². The molecule has 1 aromatic carbocycles. The lowest BCUT2D eigenvalue weighted by Gasteiger charge is -2.07. The molecule has 5 N–H and O–H groups in total. The molecular formula is C11H15NO6. The van der Waals surface area contributed by atoms with Crippen molar-refractivity contribution in [2.75, 3.05) is 26.4 Å². The second kappa shape index (κ2) is 6.67. The van der Waals surface area contributed by atoms with Gasteiger partial charge in [-0.05, 0) is 12.1 Å². The summed E-state index contributed by atoms with van der Waals surface area (Å²) in [6, 6.07) is 2.08. The van der Waals surface area contributed by atoms with Crippen LogP contribution in [0, 0.1) is 0 Å². The van der Waals surface area contributed by atoms with E-state index < -0.39 is 23.2 Å². The number of rotatable bonds is 6. The zero-order valence-electron chi connectivity index (χ0n) is 9.59. The number of hydrogen-bond donors (Lipinski definition) is 5. The van der Waals surface area contributed by atoms with Crippen molar-refractivity contribution in [2.24, 2.45) is 0 Å². The third-order valence-corrected chi connectivity index (χ3v) is 2.10. The molecule has 0 aliphatic carbocycles. The van der Waals surface area contributed by atoms with Crippen LogP contribution >= 0.6 is 0 Å². The van der Waals surface area contributed by atoms with Crippen LogP contribution in [-0.2, 0) is 4.74 Å². The Morgan fingerprint density at radius 3 is 2.33 bits per heavy atom. The van der Waals surface area contributed by atoms with E-state index in [4.69, 9.17) is 14.9 Å². The Morgan fingerprint density at radius 2 is 1.78 bits per heavy atom. The summed E-state index contributed by atoms with van der Waals surface area (Å²) in [4.78, 5) is 11.6. The van der Waals surface area contributed by atoms with Gasteiger partial charge in [-0.15, -0.1) is 0 Å². The van der Waals surface area contributed by atoms with E-state index in [9.17, 15) is 15.0 Å². The maximum absolute atomic E-state index is 11.6. The van der Waals surface area contributed by atoms with Crippen LogP contribution in [0.5, 0.6) is 17.2 Å². The number of ether oxygens (including phenoxy) is 1. The first kappa shape index (κ1) is 14.1. The molecule has 7 nitrogen and oxygen atoms in total. The Bertz CT molecular complexity index is 397. The largest absolute Gasteiger partial charge is 0.504 e. The topological polar surface area (TPSA) is 119 Å². The summed E-state index contributed by atoms with van der Waals surface area (Å²) in [6.07, 6.45) is 0. The number of nitrogens with one attached hydrogen (secondary N) is 1. The minimum atomic E-state index is -0.669. The zero-order valence-corrected chi connectivity index (χ0v) is 9.59. The lowest BCUT2D eigenvalue weighted by molar-refractivity contribution is 0.0837. The highest BCUT2D eigenvalue weighted by Gasteiger charge is 2.12. The number of carbonyl (C=O) groups excluding carboxylic acids is 1. The smallest absolute Gasteiger partial charge is 0.251 e. The summed E-state index contributed by atoms with van der Waals surface area (Å²) < 4.78 is 4.93. The third kappa shape index (κ3) is 3.79. The van der Waals surface area contributed by atoms with Gasteiger partial charge in [0.15, 0.2) is 17.2 Å². The van der Waals surface area contributed by atoms with E-state index in [2.05, 4.69) is 5.32 Å². The first-order chi connectivity index (χ1) is 8.56. The van der Waals surface area contributed by atoms with Gasteiger partial charge >= 0.3 is 0 Å². The fraction of sp³-hybridized carbons (Fsp3) is 0.364. The molecular weight excluding hydrogens is 242 g/mol. The molecule has 0 bridgehead atoms. The second-order valence-electron chi connectivity index (χ2n) is 3.45. The SMILES string of the molecule is O=C(NCCOCCO)c1cc(O)c(O)c(O)c1. The lowest BCUT2D eigenvalue weighted by atomic mass is 10.1. The van der Waals surface area contributed by atoms with Crippen molar-refractivity contribution >= 4 is 5.91 Å². The molecule has 0 radical (unpaired) electrons. The number of benzene rings is 1. The maximum Gasteiger partial charge on any atom is 0.251 e. The molecule has 0 atom stereocenters. The molecule has 0 unspecified atom stereocenters. The van der Waals surface area contributed by atoms with Crippen molar-refractivity contribution in [1.82, 2.24) is 5.32 Å². The molecule has 18 heavy (non-hydrogen) atoms. The van der Waals surface area contributed by atoms with Crippen molar-refractivity contribution in [1.29, 1.82) is 0 Å². The van der Waals surface area contributed by atoms with E-state index in [1.165, 1.54) is 0 Å². The first-order valence-corrected chi connectivity index (χ1v) is 5.28. The van der Waals surface area contributed by atoms with Gasteiger partial charge in [0.05, 0.1) is 19.8 Å². The van der Waals surface area contributed by atoms with Crippen molar-refractivity contribution in [3.63, 3.8) is 0 Å². The molecule has 0 aromatic heterocycles. The van der Waals surface area contributed by atoms with Gasteiger partial charge in [0.1, 0.15) is 0 Å². The number of aliphatic hydroxyl groups is 1. The minimum Gasteiger partial charge on any atom is -0.504 e. The van der Waals surface area contributed by atoms with E-state index >= 15 is 0 Å². The summed E-state index contributed by atoms with van der Waals surface area (Å²) in [5, 5.41) is 38.5. The highest BCUT2D eigenvalue weighted by atomic mass is 16.5. The van der Waals surface area contributed by atoms with Crippen LogP contribution in [-0.4, -0.2) is 52.7 Å². The molecule has 1 aromatic rings. The number of aromatic hydroxyl groups is 3. The van der Waals surface area contributed by atoms with Gasteiger partial charge in [0.2, 0.25) is 0 Å². The summed E-state index contributed by atoms with van der Waals surface area (Å²) in [7, 11) is 0. The van der Waals surface area contributed by atoms with E-state index in [-0.39, 0.29) is 31.9 Å². The zero-order chi connectivity index (χ0) is 13.5. The van der Waals surface area contributed by atoms with Crippen molar-refractivity contribution in [3.05, 3.63) is 17.7 Å². The molecule has 0 heterocycles. The Hall–Kier alpha value is -1.99. The van der Waals surface area contributed by atoms with Crippen molar-refractivity contribution in [3.8, 4) is 17.2 Å². The number of hydrogen-bond acceptors (Lipinski definition) is 6. The minimum absolute atomic E-state index is 0.0185. The summed E-state index contributed by atoms with van der Waals surface area (Å²) in [5.41, 5.74) is 0.0185. The maximum atomic E-state index is 11.6. The van der Waals surface area contributed by atoms with Crippen molar-refractivity contribution < 1.29 is 30.0 Å². The van der Waals surface area contributed by atoms with Crippen LogP contribution in [0.3, 0.4) is 0 Å². The number of amides is 1. The van der Waals surface area contributed by atoms with E-state index in [0.29, 0.717) is 0 Å². The molecule has 100 valence electrons. The van der Waals surface area contributed by atoms with E-state index in [1.54, 1.807) is 0 Å². The van der Waals surface area contributed by atoms with Gasteiger partial charge in [0, 0.05) is 12.1 Å². The first-order valence-electron chi connectivity index (χ1n) is 5.28. The van der Waals surface area contributed by atoms with Crippen LogP contribution in [0.25, 0.3) is 0 Å². The summed E-state index contributed by atoms with van der Waals surface area (Å²) in [6.45, 7) is 0.563. The summed E-state index contributed by atoms with van der Waals surface area (Å²) in [5.74, 6) is -2.33. The van der Waals surface area contributed by atoms with Gasteiger partial charge in [-0.1, -0.05) is 0 Å². The van der Waals surface area contributed by atoms with Crippen LogP contribution in [0.2, 0.25) is 0 Å². The number of aliphatic hydroxyl groups excluding tert-OH is 1. The van der Waals surface area contributed by atoms with Crippen LogP contribution in [0.4, 0.5) is 0 Å². The van der Waals surface area contributed by atoms with Crippen LogP contribution < -0.4 is 5.32 Å². The van der Waals surface area contributed by atoms with Gasteiger partial charge in [-0.3, -0.25) is 4.79 Å². The summed E-state index contributed by atoms with van der Waals surface area (Å²) >= 11 is 0. The molecule has 7 heteroatoms. The molecule has 0 aliphatic heterocycles. The number of phenolic OH excluding ortho intramolecular Hbond substituents is 3. The average molecular weight is 257 g/mol. The molecule has 1 rings (SSSR count). The van der Waals surface area contributed by atoms with Gasteiger partial charge in [-0.2, -0.15) is 0 Å².